The average molecular weight is 280 g/mol. The van der Waals surface area contributed by atoms with Crippen LogP contribution in [-0.4, -0.2) is 31.5 Å². The van der Waals surface area contributed by atoms with Crippen LogP contribution >= 0.6 is 0 Å². The molecule has 0 saturated heterocycles. The summed E-state index contributed by atoms with van der Waals surface area (Å²) in [6.07, 6.45) is -10.2. The van der Waals surface area contributed by atoms with Crippen LogP contribution in [-0.2, 0) is 0 Å². The van der Waals surface area contributed by atoms with E-state index in [1.165, 1.54) is 6.92 Å². The molecule has 3 N–H and O–H groups in total. The number of hydrogen-bond donors (Lipinski definition) is 2. The molecule has 0 bridgehead atoms. The van der Waals surface area contributed by atoms with Gasteiger partial charge in [-0.3, -0.25) is 0 Å². The molecule has 0 saturated carbocycles. The Morgan fingerprint density at radius 1 is 1.06 bits per heavy atom. The van der Waals surface area contributed by atoms with Crippen molar-refractivity contribution in [2.45, 2.75) is 44.6 Å². The minimum atomic E-state index is -4.35. The number of halogens is 6. The molecule has 0 aliphatic carbocycles. The zero-order valence-electron chi connectivity index (χ0n) is 10.0. The number of nitrogens with two attached hydrogens (primary N) is 1. The van der Waals surface area contributed by atoms with Crippen molar-refractivity contribution >= 4 is 0 Å². The zero-order valence-corrected chi connectivity index (χ0v) is 10.0. The van der Waals surface area contributed by atoms with Gasteiger partial charge in [0.15, 0.2) is 0 Å². The van der Waals surface area contributed by atoms with Crippen LogP contribution in [0.5, 0.6) is 0 Å². The van der Waals surface area contributed by atoms with E-state index in [4.69, 9.17) is 5.73 Å². The van der Waals surface area contributed by atoms with E-state index in [1.54, 1.807) is 0 Å². The summed E-state index contributed by atoms with van der Waals surface area (Å²) in [5, 5.41) is 2.44. The predicted octanol–water partition coefficient (Wildman–Crippen LogP) is 2.83. The first-order valence-electron chi connectivity index (χ1n) is 5.63. The van der Waals surface area contributed by atoms with E-state index in [2.05, 4.69) is 5.32 Å². The topological polar surface area (TPSA) is 38.0 Å². The molecule has 0 radical (unpaired) electrons. The minimum absolute atomic E-state index is 0.0950. The predicted molar refractivity (Wildman–Crippen MR) is 56.0 cm³/mol. The van der Waals surface area contributed by atoms with Gasteiger partial charge in [-0.15, -0.1) is 0 Å². The van der Waals surface area contributed by atoms with E-state index in [-0.39, 0.29) is 25.9 Å². The first kappa shape index (κ1) is 17.5. The third-order valence-electron chi connectivity index (χ3n) is 2.50. The first-order chi connectivity index (χ1) is 8.06. The summed E-state index contributed by atoms with van der Waals surface area (Å²) in [5.41, 5.74) is 5.07. The Morgan fingerprint density at radius 2 is 1.61 bits per heavy atom. The highest BCUT2D eigenvalue weighted by Crippen LogP contribution is 2.30. The molecular formula is C10H18F6N2. The molecule has 18 heavy (non-hydrogen) atoms. The average Bonchev–Trinajstić information content (AvgIpc) is 2.11. The van der Waals surface area contributed by atoms with Crippen molar-refractivity contribution in [1.82, 2.24) is 5.32 Å². The lowest BCUT2D eigenvalue weighted by Gasteiger charge is -2.21. The smallest absolute Gasteiger partial charge is 0.330 e. The third kappa shape index (κ3) is 8.57. The van der Waals surface area contributed by atoms with Gasteiger partial charge >= 0.3 is 12.4 Å². The van der Waals surface area contributed by atoms with Crippen molar-refractivity contribution in [3.63, 3.8) is 0 Å². The van der Waals surface area contributed by atoms with Crippen molar-refractivity contribution in [2.24, 2.45) is 11.7 Å². The maximum atomic E-state index is 12.4. The van der Waals surface area contributed by atoms with E-state index >= 15 is 0 Å². The van der Waals surface area contributed by atoms with Crippen LogP contribution in [0.1, 0.15) is 26.2 Å². The number of hydrogen-bond acceptors (Lipinski definition) is 2. The Morgan fingerprint density at radius 3 is 2.00 bits per heavy atom. The highest BCUT2D eigenvalue weighted by Gasteiger charge is 2.38. The second-order valence-electron chi connectivity index (χ2n) is 4.28. The van der Waals surface area contributed by atoms with Crippen molar-refractivity contribution in [2.75, 3.05) is 13.1 Å². The van der Waals surface area contributed by atoms with Crippen molar-refractivity contribution in [3.05, 3.63) is 0 Å². The monoisotopic (exact) mass is 280 g/mol. The minimum Gasteiger partial charge on any atom is -0.330 e. The molecular weight excluding hydrogens is 262 g/mol. The lowest BCUT2D eigenvalue weighted by Crippen LogP contribution is -2.35. The van der Waals surface area contributed by atoms with E-state index in [1.807, 2.05) is 0 Å². The molecule has 0 fully saturated rings. The highest BCUT2D eigenvalue weighted by molar-refractivity contribution is 4.72. The van der Waals surface area contributed by atoms with Gasteiger partial charge in [-0.1, -0.05) is 0 Å². The molecule has 0 heterocycles. The molecule has 0 aromatic rings. The Bertz CT molecular complexity index is 225. The van der Waals surface area contributed by atoms with Crippen LogP contribution in [0.15, 0.2) is 0 Å². The molecule has 2 nitrogen and oxygen atoms in total. The van der Waals surface area contributed by atoms with Gasteiger partial charge in [-0.05, 0) is 32.9 Å². The van der Waals surface area contributed by atoms with Crippen LogP contribution in [0.2, 0.25) is 0 Å². The Labute approximate surface area is 102 Å². The standard InChI is InChI=1S/C10H18F6N2/c1-7(6-9(11,12)13)18-5-3-8(2-4-17)10(14,15)16/h7-8,18H,2-6,17H2,1H3. The SMILES string of the molecule is CC(CC(F)(F)F)NCCC(CCN)C(F)(F)F. The quantitative estimate of drug-likeness (QED) is 0.704. The van der Waals surface area contributed by atoms with Gasteiger partial charge in [-0.2, -0.15) is 26.3 Å². The first-order valence-corrected chi connectivity index (χ1v) is 5.63. The fraction of sp³-hybridized carbons (Fsp3) is 1.00. The number of alkyl halides is 6. The number of rotatable bonds is 7. The molecule has 0 aromatic carbocycles. The van der Waals surface area contributed by atoms with Gasteiger partial charge in [0.05, 0.1) is 12.3 Å². The normalized spacial score (nSPS) is 16.7. The van der Waals surface area contributed by atoms with Gasteiger partial charge < -0.3 is 11.1 Å². The summed E-state index contributed by atoms with van der Waals surface area (Å²) < 4.78 is 73.2. The van der Waals surface area contributed by atoms with Crippen molar-refractivity contribution < 1.29 is 26.3 Å². The molecule has 0 aliphatic rings. The third-order valence-corrected chi connectivity index (χ3v) is 2.50. The molecule has 0 rings (SSSR count). The number of nitrogens with one attached hydrogen (secondary N) is 1. The summed E-state index contributed by atoms with van der Waals surface area (Å²) in [5.74, 6) is -1.56. The molecule has 2 atom stereocenters. The molecule has 0 aliphatic heterocycles. The fourth-order valence-corrected chi connectivity index (χ4v) is 1.60. The Hall–Kier alpha value is -0.500. The van der Waals surface area contributed by atoms with Gasteiger partial charge in [0, 0.05) is 6.04 Å². The van der Waals surface area contributed by atoms with Gasteiger partial charge in [-0.25, -0.2) is 0 Å². The second-order valence-corrected chi connectivity index (χ2v) is 4.28. The summed E-state index contributed by atoms with van der Waals surface area (Å²) in [6, 6.07) is -0.892. The molecule has 8 heteroatoms. The summed E-state index contributed by atoms with van der Waals surface area (Å²) in [4.78, 5) is 0. The Kier molecular flexibility index (Phi) is 6.98. The summed E-state index contributed by atoms with van der Waals surface area (Å²) in [7, 11) is 0. The Balaban J connectivity index is 4.00. The van der Waals surface area contributed by atoms with Gasteiger partial charge in [0.2, 0.25) is 0 Å². The van der Waals surface area contributed by atoms with Crippen LogP contribution in [0.4, 0.5) is 26.3 Å². The van der Waals surface area contributed by atoms with Gasteiger partial charge in [0.1, 0.15) is 0 Å². The fourth-order valence-electron chi connectivity index (χ4n) is 1.60. The summed E-state index contributed by atoms with van der Waals surface area (Å²) in [6.45, 7) is 1.09. The molecule has 2 unspecified atom stereocenters. The largest absolute Gasteiger partial charge is 0.391 e. The molecule has 0 spiro atoms. The van der Waals surface area contributed by atoms with Crippen molar-refractivity contribution in [3.8, 4) is 0 Å². The van der Waals surface area contributed by atoms with Crippen LogP contribution in [0.25, 0.3) is 0 Å². The van der Waals surface area contributed by atoms with Crippen LogP contribution in [0.3, 0.4) is 0 Å². The maximum Gasteiger partial charge on any atom is 0.391 e. The molecule has 110 valence electrons. The lowest BCUT2D eigenvalue weighted by molar-refractivity contribution is -0.177. The maximum absolute atomic E-state index is 12.4. The van der Waals surface area contributed by atoms with E-state index in [9.17, 15) is 26.3 Å². The van der Waals surface area contributed by atoms with E-state index in [0.717, 1.165) is 0 Å². The molecule has 0 amide bonds. The lowest BCUT2D eigenvalue weighted by atomic mass is 10.0. The van der Waals surface area contributed by atoms with E-state index < -0.39 is 30.7 Å². The van der Waals surface area contributed by atoms with Gasteiger partial charge in [0.25, 0.3) is 0 Å². The van der Waals surface area contributed by atoms with Crippen LogP contribution in [0, 0.1) is 5.92 Å². The van der Waals surface area contributed by atoms with Crippen molar-refractivity contribution in [1.29, 1.82) is 0 Å². The molecule has 0 aromatic heterocycles. The summed E-state index contributed by atoms with van der Waals surface area (Å²) >= 11 is 0. The van der Waals surface area contributed by atoms with Crippen LogP contribution < -0.4 is 11.1 Å². The van der Waals surface area contributed by atoms with E-state index in [0.29, 0.717) is 0 Å². The second kappa shape index (κ2) is 7.18. The zero-order chi connectivity index (χ0) is 14.4. The highest BCUT2D eigenvalue weighted by atomic mass is 19.4.